The number of aryl methyl sites for hydroxylation is 2. The van der Waals surface area contributed by atoms with Crippen LogP contribution in [0.4, 0.5) is 10.1 Å². The summed E-state index contributed by atoms with van der Waals surface area (Å²) in [6.45, 7) is 11.8. The molecule has 2 aromatic rings. The highest BCUT2D eigenvalue weighted by atomic mass is 19.1. The lowest BCUT2D eigenvalue weighted by Crippen LogP contribution is -2.41. The number of carbonyl (C=O) groups is 2. The second-order valence-electron chi connectivity index (χ2n) is 9.83. The molecular weight excluding hydrogens is 463 g/mol. The van der Waals surface area contributed by atoms with Crippen LogP contribution in [0.2, 0.25) is 0 Å². The van der Waals surface area contributed by atoms with Crippen LogP contribution in [-0.2, 0) is 27.4 Å². The third-order valence-corrected chi connectivity index (χ3v) is 6.24. The largest absolute Gasteiger partial charge is 0.375 e. The van der Waals surface area contributed by atoms with Crippen molar-refractivity contribution >= 4 is 17.5 Å². The van der Waals surface area contributed by atoms with Gasteiger partial charge in [0.25, 0.3) is 5.91 Å². The van der Waals surface area contributed by atoms with E-state index in [9.17, 15) is 14.0 Å². The summed E-state index contributed by atoms with van der Waals surface area (Å²) in [5, 5.41) is 4.33. The number of anilines is 1. The average molecular weight is 503 g/mol. The summed E-state index contributed by atoms with van der Waals surface area (Å²) >= 11 is 0. The van der Waals surface area contributed by atoms with E-state index in [4.69, 9.17) is 4.74 Å². The van der Waals surface area contributed by atoms with Crippen LogP contribution in [0.5, 0.6) is 0 Å². The molecule has 198 valence electrons. The molecule has 0 bridgehead atoms. The third kappa shape index (κ3) is 7.57. The number of benzene rings is 1. The average Bonchev–Trinajstić information content (AvgIpc) is 3.11. The molecule has 1 aromatic carbocycles. The maximum absolute atomic E-state index is 14.4. The lowest BCUT2D eigenvalue weighted by molar-refractivity contribution is -0.132. The van der Waals surface area contributed by atoms with Crippen molar-refractivity contribution in [2.24, 2.45) is 5.92 Å². The van der Waals surface area contributed by atoms with Crippen molar-refractivity contribution in [1.82, 2.24) is 24.6 Å². The number of aromatic nitrogens is 3. The fourth-order valence-corrected chi connectivity index (χ4v) is 4.71. The van der Waals surface area contributed by atoms with E-state index in [0.29, 0.717) is 41.9 Å². The van der Waals surface area contributed by atoms with Crippen LogP contribution in [-0.4, -0.2) is 82.8 Å². The standard InChI is InChI=1S/C26H39FN6O3/c1-19(2)15-30-10-6-12-31(25(34)17-33-21(4)28-20(3)29-33)16-22-14-23(27)8-9-24(22)32(13-7-11-30)26(35)18-36-5/h8-9,14,19H,6-7,10-13,15-18H2,1-5H3. The maximum Gasteiger partial charge on any atom is 0.252 e. The van der Waals surface area contributed by atoms with Gasteiger partial charge in [0.1, 0.15) is 30.6 Å². The van der Waals surface area contributed by atoms with Crippen LogP contribution in [0.1, 0.15) is 43.9 Å². The number of nitrogens with zero attached hydrogens (tertiary/aromatic N) is 6. The molecule has 0 saturated carbocycles. The number of ether oxygens (including phenoxy) is 1. The number of rotatable bonds is 6. The van der Waals surface area contributed by atoms with Gasteiger partial charge < -0.3 is 19.4 Å². The van der Waals surface area contributed by atoms with E-state index in [1.807, 2.05) is 6.92 Å². The smallest absolute Gasteiger partial charge is 0.252 e. The Kier molecular flexibility index (Phi) is 9.95. The van der Waals surface area contributed by atoms with Gasteiger partial charge in [0, 0.05) is 39.0 Å². The predicted molar refractivity (Wildman–Crippen MR) is 136 cm³/mol. The van der Waals surface area contributed by atoms with Gasteiger partial charge in [-0.15, -0.1) is 0 Å². The summed E-state index contributed by atoms with van der Waals surface area (Å²) in [6, 6.07) is 4.41. The zero-order chi connectivity index (χ0) is 26.2. The van der Waals surface area contributed by atoms with E-state index < -0.39 is 5.82 Å². The van der Waals surface area contributed by atoms with Crippen LogP contribution in [0.3, 0.4) is 0 Å². The van der Waals surface area contributed by atoms with E-state index in [-0.39, 0.29) is 31.5 Å². The van der Waals surface area contributed by atoms with Gasteiger partial charge in [0.2, 0.25) is 5.91 Å². The molecule has 0 spiro atoms. The highest BCUT2D eigenvalue weighted by molar-refractivity contribution is 5.95. The molecule has 0 aliphatic carbocycles. The van der Waals surface area contributed by atoms with Crippen molar-refractivity contribution < 1.29 is 18.7 Å². The number of amides is 2. The number of hydrogen-bond acceptors (Lipinski definition) is 6. The van der Waals surface area contributed by atoms with Gasteiger partial charge in [-0.05, 0) is 69.5 Å². The van der Waals surface area contributed by atoms with Crippen molar-refractivity contribution in [2.75, 3.05) is 51.3 Å². The summed E-state index contributed by atoms with van der Waals surface area (Å²) in [5.74, 6) is 1.06. The molecule has 3 rings (SSSR count). The minimum Gasteiger partial charge on any atom is -0.375 e. The number of halogens is 1. The Labute approximate surface area is 213 Å². The molecule has 0 radical (unpaired) electrons. The lowest BCUT2D eigenvalue weighted by Gasteiger charge is -2.32. The number of carbonyl (C=O) groups excluding carboxylic acids is 2. The summed E-state index contributed by atoms with van der Waals surface area (Å²) in [6.07, 6.45) is 1.58. The van der Waals surface area contributed by atoms with E-state index >= 15 is 0 Å². The van der Waals surface area contributed by atoms with Crippen LogP contribution >= 0.6 is 0 Å². The second kappa shape index (κ2) is 12.9. The molecule has 10 heteroatoms. The van der Waals surface area contributed by atoms with Gasteiger partial charge in [-0.3, -0.25) is 9.59 Å². The van der Waals surface area contributed by atoms with Crippen LogP contribution in [0.25, 0.3) is 0 Å². The second-order valence-corrected chi connectivity index (χ2v) is 9.83. The SMILES string of the molecule is COCC(=O)N1CCCN(CC(C)C)CCCN(C(=O)Cn2nc(C)nc2C)Cc2cc(F)ccc21. The molecule has 2 heterocycles. The first-order chi connectivity index (χ1) is 17.2. The quantitative estimate of drug-likeness (QED) is 0.604. The molecule has 0 atom stereocenters. The monoisotopic (exact) mass is 502 g/mol. The Balaban J connectivity index is 1.95. The fraction of sp³-hybridized carbons (Fsp3) is 0.615. The first kappa shape index (κ1) is 27.7. The molecule has 0 N–H and O–H groups in total. The van der Waals surface area contributed by atoms with Crippen molar-refractivity contribution in [1.29, 1.82) is 0 Å². The third-order valence-electron chi connectivity index (χ3n) is 6.24. The van der Waals surface area contributed by atoms with Crippen molar-refractivity contribution in [3.8, 4) is 0 Å². The van der Waals surface area contributed by atoms with E-state index in [1.165, 1.54) is 19.2 Å². The van der Waals surface area contributed by atoms with Crippen LogP contribution < -0.4 is 4.90 Å². The molecule has 36 heavy (non-hydrogen) atoms. The Morgan fingerprint density at radius 1 is 1.08 bits per heavy atom. The molecule has 0 fully saturated rings. The Hall–Kier alpha value is -2.85. The molecular formula is C26H39FN6O3. The van der Waals surface area contributed by atoms with Gasteiger partial charge in [-0.25, -0.2) is 14.1 Å². The van der Waals surface area contributed by atoms with Gasteiger partial charge in [-0.1, -0.05) is 13.8 Å². The fourth-order valence-electron chi connectivity index (χ4n) is 4.71. The number of methoxy groups -OCH3 is 1. The Bertz CT molecular complexity index is 1040. The van der Waals surface area contributed by atoms with Gasteiger partial charge >= 0.3 is 0 Å². The molecule has 1 aromatic heterocycles. The number of hydrogen-bond donors (Lipinski definition) is 0. The van der Waals surface area contributed by atoms with Crippen LogP contribution in [0.15, 0.2) is 18.2 Å². The molecule has 0 saturated heterocycles. The highest BCUT2D eigenvalue weighted by Crippen LogP contribution is 2.25. The van der Waals surface area contributed by atoms with Gasteiger partial charge in [0.05, 0.1) is 0 Å². The van der Waals surface area contributed by atoms with E-state index in [2.05, 4.69) is 28.8 Å². The van der Waals surface area contributed by atoms with E-state index in [0.717, 1.165) is 32.5 Å². The molecule has 1 aliphatic heterocycles. The lowest BCUT2D eigenvalue weighted by atomic mass is 10.1. The van der Waals surface area contributed by atoms with E-state index in [1.54, 1.807) is 27.5 Å². The molecule has 0 unspecified atom stereocenters. The Morgan fingerprint density at radius 3 is 2.44 bits per heavy atom. The topological polar surface area (TPSA) is 83.8 Å². The van der Waals surface area contributed by atoms with Crippen LogP contribution in [0, 0.1) is 25.6 Å². The summed E-state index contributed by atoms with van der Waals surface area (Å²) < 4.78 is 21.1. The maximum atomic E-state index is 14.4. The first-order valence-electron chi connectivity index (χ1n) is 12.6. The highest BCUT2D eigenvalue weighted by Gasteiger charge is 2.24. The molecule has 1 aliphatic rings. The van der Waals surface area contributed by atoms with Crippen molar-refractivity contribution in [3.05, 3.63) is 41.2 Å². The zero-order valence-electron chi connectivity index (χ0n) is 22.2. The predicted octanol–water partition coefficient (Wildman–Crippen LogP) is 2.79. The summed E-state index contributed by atoms with van der Waals surface area (Å²) in [7, 11) is 1.48. The summed E-state index contributed by atoms with van der Waals surface area (Å²) in [4.78, 5) is 36.6. The minimum atomic E-state index is -0.404. The minimum absolute atomic E-state index is 0.0549. The summed E-state index contributed by atoms with van der Waals surface area (Å²) in [5.41, 5.74) is 1.21. The van der Waals surface area contributed by atoms with Crippen molar-refractivity contribution in [3.63, 3.8) is 0 Å². The Morgan fingerprint density at radius 2 is 1.81 bits per heavy atom. The molecule has 2 amide bonds. The van der Waals surface area contributed by atoms with Gasteiger partial charge in [0.15, 0.2) is 0 Å². The molecule has 9 nitrogen and oxygen atoms in total. The van der Waals surface area contributed by atoms with Crippen molar-refractivity contribution in [2.45, 2.75) is 53.6 Å². The van der Waals surface area contributed by atoms with Gasteiger partial charge in [-0.2, -0.15) is 5.10 Å². The number of fused-ring (bicyclic) bond motifs is 1. The normalized spacial score (nSPS) is 16.0. The first-order valence-corrected chi connectivity index (χ1v) is 12.6. The zero-order valence-corrected chi connectivity index (χ0v) is 22.2.